The summed E-state index contributed by atoms with van der Waals surface area (Å²) in [4.78, 5) is 14.0. The van der Waals surface area contributed by atoms with Gasteiger partial charge in [0.05, 0.1) is 16.8 Å². The Morgan fingerprint density at radius 3 is 2.17 bits per heavy atom. The van der Waals surface area contributed by atoms with Crippen molar-refractivity contribution in [2.75, 3.05) is 0 Å². The van der Waals surface area contributed by atoms with Crippen LogP contribution >= 0.6 is 12.4 Å². The van der Waals surface area contributed by atoms with Gasteiger partial charge in [0.2, 0.25) is 0 Å². The summed E-state index contributed by atoms with van der Waals surface area (Å²) in [5.41, 5.74) is 8.08. The number of nitrogens with two attached hydrogens (primary N) is 2. The van der Waals surface area contributed by atoms with Crippen molar-refractivity contribution in [3.8, 4) is 0 Å². The third-order valence-corrected chi connectivity index (χ3v) is 1.75. The van der Waals surface area contributed by atoms with Crippen LogP contribution in [0.5, 0.6) is 0 Å². The molecule has 1 aromatic rings. The van der Waals surface area contributed by atoms with Crippen molar-refractivity contribution in [1.82, 2.24) is 0 Å². The molecule has 0 unspecified atom stereocenters. The van der Waals surface area contributed by atoms with Gasteiger partial charge in [-0.15, -0.1) is 12.4 Å². The number of hydrogen-bond donors (Lipinski definition) is 3. The molecular weight excluding hydrogens is 275 g/mol. The third-order valence-electron chi connectivity index (χ3n) is 1.75. The number of rotatable bonds is 2. The van der Waals surface area contributed by atoms with Gasteiger partial charge in [-0.25, -0.2) is 9.79 Å². The zero-order chi connectivity index (χ0) is 13.2. The number of carboxylic acids is 1. The molecule has 0 bridgehead atoms. The van der Waals surface area contributed by atoms with E-state index in [-0.39, 0.29) is 18.1 Å². The summed E-state index contributed by atoms with van der Waals surface area (Å²) in [6.07, 6.45) is -4.67. The van der Waals surface area contributed by atoms with Crippen molar-refractivity contribution in [3.63, 3.8) is 0 Å². The van der Waals surface area contributed by atoms with E-state index in [9.17, 15) is 18.0 Å². The summed E-state index contributed by atoms with van der Waals surface area (Å²) in [6, 6.07) is 2.11. The van der Waals surface area contributed by atoms with Gasteiger partial charge in [0.1, 0.15) is 0 Å². The summed E-state index contributed by atoms with van der Waals surface area (Å²) in [5.74, 6) is -1.95. The minimum atomic E-state index is -4.67. The molecule has 5 nitrogen and oxygen atoms in total. The van der Waals surface area contributed by atoms with Gasteiger partial charge < -0.3 is 16.6 Å². The van der Waals surface area contributed by atoms with E-state index in [0.717, 1.165) is 6.07 Å². The lowest BCUT2D eigenvalue weighted by Crippen LogP contribution is -2.22. The molecular formula is C9H9ClF3N3O2. The first-order chi connectivity index (χ1) is 7.70. The van der Waals surface area contributed by atoms with E-state index in [0.29, 0.717) is 12.1 Å². The second kappa shape index (κ2) is 5.58. The van der Waals surface area contributed by atoms with E-state index in [2.05, 4.69) is 4.99 Å². The molecule has 1 rings (SSSR count). The molecule has 0 aliphatic heterocycles. The maximum Gasteiger partial charge on any atom is 0.416 e. The van der Waals surface area contributed by atoms with E-state index in [4.69, 9.17) is 16.6 Å². The second-order valence-electron chi connectivity index (χ2n) is 3.11. The van der Waals surface area contributed by atoms with Crippen LogP contribution in [-0.2, 0) is 6.18 Å². The minimum absolute atomic E-state index is 0. The zero-order valence-corrected chi connectivity index (χ0v) is 9.55. The molecule has 0 heterocycles. The Morgan fingerprint density at radius 1 is 1.22 bits per heavy atom. The summed E-state index contributed by atoms with van der Waals surface area (Å²) in [7, 11) is 0. The number of guanidine groups is 1. The highest BCUT2D eigenvalue weighted by molar-refractivity contribution is 5.89. The molecule has 0 aromatic heterocycles. The predicted molar refractivity (Wildman–Crippen MR) is 61.1 cm³/mol. The van der Waals surface area contributed by atoms with Gasteiger partial charge in [0.15, 0.2) is 5.96 Å². The first-order valence-electron chi connectivity index (χ1n) is 4.25. The Balaban J connectivity index is 0.00000289. The first-order valence-corrected chi connectivity index (χ1v) is 4.25. The second-order valence-corrected chi connectivity index (χ2v) is 3.11. The van der Waals surface area contributed by atoms with Crippen LogP contribution in [0.4, 0.5) is 18.9 Å². The van der Waals surface area contributed by atoms with Gasteiger partial charge in [-0.05, 0) is 18.2 Å². The fourth-order valence-corrected chi connectivity index (χ4v) is 1.11. The molecule has 0 fully saturated rings. The molecule has 0 saturated carbocycles. The Kier molecular flexibility index (Phi) is 4.98. The highest BCUT2D eigenvalue weighted by Gasteiger charge is 2.31. The SMILES string of the molecule is Cl.NC(N)=Nc1cc(C(=O)O)cc(C(F)(F)F)c1. The molecule has 0 spiro atoms. The number of hydrogen-bond acceptors (Lipinski definition) is 2. The molecule has 5 N–H and O–H groups in total. The highest BCUT2D eigenvalue weighted by Crippen LogP contribution is 2.32. The van der Waals surface area contributed by atoms with Gasteiger partial charge in [0.25, 0.3) is 0 Å². The lowest BCUT2D eigenvalue weighted by molar-refractivity contribution is -0.137. The van der Waals surface area contributed by atoms with Gasteiger partial charge in [-0.3, -0.25) is 0 Å². The molecule has 0 saturated heterocycles. The monoisotopic (exact) mass is 283 g/mol. The maximum absolute atomic E-state index is 12.4. The quantitative estimate of drug-likeness (QED) is 0.568. The van der Waals surface area contributed by atoms with Crippen LogP contribution in [-0.4, -0.2) is 17.0 Å². The van der Waals surface area contributed by atoms with Gasteiger partial charge in [-0.2, -0.15) is 13.2 Å². The fraction of sp³-hybridized carbons (Fsp3) is 0.111. The van der Waals surface area contributed by atoms with Crippen LogP contribution in [0.2, 0.25) is 0 Å². The Bertz CT molecular complexity index is 484. The van der Waals surface area contributed by atoms with Crippen molar-refractivity contribution < 1.29 is 23.1 Å². The normalized spacial score (nSPS) is 10.4. The molecule has 0 aliphatic carbocycles. The Labute approximate surface area is 106 Å². The number of alkyl halides is 3. The van der Waals surface area contributed by atoms with Crippen LogP contribution < -0.4 is 11.5 Å². The first kappa shape index (κ1) is 16.0. The molecule has 18 heavy (non-hydrogen) atoms. The van der Waals surface area contributed by atoms with Crippen molar-refractivity contribution >= 4 is 30.0 Å². The van der Waals surface area contributed by atoms with Crippen LogP contribution in [0.15, 0.2) is 23.2 Å². The van der Waals surface area contributed by atoms with Crippen LogP contribution in [0.25, 0.3) is 0 Å². The zero-order valence-electron chi connectivity index (χ0n) is 8.73. The van der Waals surface area contributed by atoms with Crippen LogP contribution in [0.3, 0.4) is 0 Å². The lowest BCUT2D eigenvalue weighted by atomic mass is 10.1. The number of carboxylic acid groups (broad SMARTS) is 1. The van der Waals surface area contributed by atoms with Gasteiger partial charge in [0, 0.05) is 0 Å². The number of nitrogens with zero attached hydrogens (tertiary/aromatic N) is 1. The standard InChI is InChI=1S/C9H8F3N3O2.ClH/c10-9(11,12)5-1-4(7(16)17)2-6(3-5)15-8(13)14;/h1-3H,(H,16,17)(H4,13,14,15);1H. The van der Waals surface area contributed by atoms with Crippen molar-refractivity contribution in [1.29, 1.82) is 0 Å². The average molecular weight is 284 g/mol. The number of benzene rings is 1. The largest absolute Gasteiger partial charge is 0.478 e. The molecule has 9 heteroatoms. The Morgan fingerprint density at radius 2 is 1.78 bits per heavy atom. The molecule has 0 atom stereocenters. The summed E-state index contributed by atoms with van der Waals surface area (Å²) in [6.45, 7) is 0. The predicted octanol–water partition coefficient (Wildman–Crippen LogP) is 1.73. The molecule has 0 amide bonds. The topological polar surface area (TPSA) is 102 Å². The summed E-state index contributed by atoms with van der Waals surface area (Å²) >= 11 is 0. The third kappa shape index (κ3) is 4.13. The van der Waals surface area contributed by atoms with E-state index in [1.807, 2.05) is 0 Å². The molecule has 100 valence electrons. The number of carbonyl (C=O) groups is 1. The van der Waals surface area contributed by atoms with E-state index in [1.165, 1.54) is 0 Å². The molecule has 0 radical (unpaired) electrons. The summed E-state index contributed by atoms with van der Waals surface area (Å²) < 4.78 is 37.3. The smallest absolute Gasteiger partial charge is 0.416 e. The van der Waals surface area contributed by atoms with E-state index in [1.54, 1.807) is 0 Å². The highest BCUT2D eigenvalue weighted by atomic mass is 35.5. The minimum Gasteiger partial charge on any atom is -0.478 e. The van der Waals surface area contributed by atoms with E-state index >= 15 is 0 Å². The van der Waals surface area contributed by atoms with E-state index < -0.39 is 29.2 Å². The molecule has 0 aliphatic rings. The maximum atomic E-state index is 12.4. The molecule has 1 aromatic carbocycles. The van der Waals surface area contributed by atoms with Crippen molar-refractivity contribution in [2.24, 2.45) is 16.5 Å². The van der Waals surface area contributed by atoms with Crippen LogP contribution in [0.1, 0.15) is 15.9 Å². The number of halogens is 4. The van der Waals surface area contributed by atoms with Crippen molar-refractivity contribution in [2.45, 2.75) is 6.18 Å². The van der Waals surface area contributed by atoms with Gasteiger partial charge >= 0.3 is 12.1 Å². The van der Waals surface area contributed by atoms with Gasteiger partial charge in [-0.1, -0.05) is 0 Å². The van der Waals surface area contributed by atoms with Crippen molar-refractivity contribution in [3.05, 3.63) is 29.3 Å². The van der Waals surface area contributed by atoms with Crippen LogP contribution in [0, 0.1) is 0 Å². The lowest BCUT2D eigenvalue weighted by Gasteiger charge is -2.08. The number of aliphatic imine (C=N–C) groups is 1. The summed E-state index contributed by atoms with van der Waals surface area (Å²) in [5, 5.41) is 8.66. The Hall–Kier alpha value is -1.96. The fourth-order valence-electron chi connectivity index (χ4n) is 1.11. The average Bonchev–Trinajstić information content (AvgIpc) is 2.14. The number of aromatic carboxylic acids is 1.